The molecule has 276 valence electrons. The van der Waals surface area contributed by atoms with Crippen LogP contribution in [0.2, 0.25) is 0 Å². The van der Waals surface area contributed by atoms with Crippen LogP contribution >= 0.6 is 0 Å². The molecule has 8 heteroatoms. The molecule has 0 bridgehead atoms. The fraction of sp³-hybridized carbons (Fsp3) is 0.167. The van der Waals surface area contributed by atoms with E-state index < -0.39 is 0 Å². The molecule has 0 aliphatic rings. The molecule has 8 aromatic rings. The van der Waals surface area contributed by atoms with Gasteiger partial charge in [-0.15, -0.1) is 0 Å². The van der Waals surface area contributed by atoms with Crippen LogP contribution in [0.1, 0.15) is 44.5 Å². The molecule has 0 amide bonds. The van der Waals surface area contributed by atoms with Gasteiger partial charge in [0, 0.05) is 24.8 Å². The summed E-state index contributed by atoms with van der Waals surface area (Å²) in [5.41, 5.74) is 19.5. The van der Waals surface area contributed by atoms with E-state index in [1.807, 2.05) is 49.1 Å². The van der Waals surface area contributed by atoms with Crippen LogP contribution in [0, 0.1) is 55.4 Å². The zero-order chi connectivity index (χ0) is 39.3. The topological polar surface area (TPSA) is 103 Å². The van der Waals surface area contributed by atoms with Crippen LogP contribution in [0.3, 0.4) is 0 Å². The second-order valence-electron chi connectivity index (χ2n) is 14.5. The number of nitrogens with zero attached hydrogens (tertiary/aromatic N) is 8. The Hall–Kier alpha value is -6.80. The third-order valence-corrected chi connectivity index (χ3v) is 9.12. The Kier molecular flexibility index (Phi) is 10.9. The molecule has 0 fully saturated rings. The summed E-state index contributed by atoms with van der Waals surface area (Å²) < 4.78 is 0. The molecule has 0 aromatic carbocycles. The van der Waals surface area contributed by atoms with E-state index in [0.29, 0.717) is 0 Å². The van der Waals surface area contributed by atoms with Gasteiger partial charge in [0.1, 0.15) is 0 Å². The molecule has 8 aromatic heterocycles. The molecule has 0 aliphatic heterocycles. The summed E-state index contributed by atoms with van der Waals surface area (Å²) in [7, 11) is 0. The van der Waals surface area contributed by atoms with Crippen LogP contribution < -0.4 is 0 Å². The first-order valence-electron chi connectivity index (χ1n) is 18.6. The first kappa shape index (κ1) is 37.5. The predicted octanol–water partition coefficient (Wildman–Crippen LogP) is 11.0. The van der Waals surface area contributed by atoms with Gasteiger partial charge in [0.25, 0.3) is 0 Å². The van der Waals surface area contributed by atoms with Gasteiger partial charge >= 0.3 is 0 Å². The van der Waals surface area contributed by atoms with Crippen molar-refractivity contribution in [2.24, 2.45) is 0 Å². The smallest absolute Gasteiger partial charge is 0.0897 e. The van der Waals surface area contributed by atoms with Crippen LogP contribution in [0.5, 0.6) is 0 Å². The highest BCUT2D eigenvalue weighted by atomic mass is 14.9. The van der Waals surface area contributed by atoms with E-state index in [9.17, 15) is 0 Å². The molecule has 0 atom stereocenters. The zero-order valence-corrected chi connectivity index (χ0v) is 33.1. The number of aromatic nitrogens is 8. The summed E-state index contributed by atoms with van der Waals surface area (Å²) in [5.74, 6) is 0. The van der Waals surface area contributed by atoms with Gasteiger partial charge in [0.15, 0.2) is 0 Å². The monoisotopic (exact) mass is 732 g/mol. The largest absolute Gasteiger partial charge is 0.255 e. The minimum absolute atomic E-state index is 0.843. The van der Waals surface area contributed by atoms with Crippen LogP contribution in [-0.4, -0.2) is 39.9 Å². The molecule has 8 rings (SSSR count). The average molecular weight is 733 g/mol. The number of hydrogen-bond acceptors (Lipinski definition) is 8. The van der Waals surface area contributed by atoms with Gasteiger partial charge in [-0.25, -0.2) is 19.9 Å². The maximum absolute atomic E-state index is 4.86. The molecular formula is C48H44N8. The summed E-state index contributed by atoms with van der Waals surface area (Å²) in [6.45, 7) is 16.5. The van der Waals surface area contributed by atoms with E-state index in [1.54, 1.807) is 0 Å². The average Bonchev–Trinajstić information content (AvgIpc) is 3.17. The van der Waals surface area contributed by atoms with Gasteiger partial charge in [-0.1, -0.05) is 0 Å². The van der Waals surface area contributed by atoms with E-state index in [0.717, 1.165) is 113 Å². The maximum atomic E-state index is 4.86. The Balaban J connectivity index is 0.000000172. The molecule has 0 spiro atoms. The normalized spacial score (nSPS) is 10.9. The third-order valence-electron chi connectivity index (χ3n) is 9.12. The van der Waals surface area contributed by atoms with Crippen molar-refractivity contribution < 1.29 is 0 Å². The van der Waals surface area contributed by atoms with Crippen molar-refractivity contribution in [3.63, 3.8) is 0 Å². The number of pyridine rings is 8. The third kappa shape index (κ3) is 9.10. The quantitative estimate of drug-likeness (QED) is 0.166. The fourth-order valence-electron chi connectivity index (χ4n) is 6.42. The second kappa shape index (κ2) is 16.3. The Labute approximate surface area is 329 Å². The molecular weight excluding hydrogens is 689 g/mol. The molecule has 8 nitrogen and oxygen atoms in total. The summed E-state index contributed by atoms with van der Waals surface area (Å²) in [4.78, 5) is 37.4. The predicted molar refractivity (Wildman–Crippen MR) is 226 cm³/mol. The molecule has 0 saturated carbocycles. The lowest BCUT2D eigenvalue weighted by Gasteiger charge is -2.10. The second-order valence-corrected chi connectivity index (χ2v) is 14.5. The molecule has 0 aliphatic carbocycles. The first-order chi connectivity index (χ1) is 26.9. The highest BCUT2D eigenvalue weighted by Crippen LogP contribution is 2.28. The summed E-state index contributed by atoms with van der Waals surface area (Å²) in [6.07, 6.45) is 7.28. The molecule has 0 N–H and O–H groups in total. The van der Waals surface area contributed by atoms with E-state index in [2.05, 4.69) is 148 Å². The summed E-state index contributed by atoms with van der Waals surface area (Å²) in [6, 6.07) is 32.7. The standard InChI is InChI=1S/2C24H22N4/c2*1-15-5-7-25-19(9-15)21-11-17(3)13-23(27-21)24-14-18(4)12-22(28-24)20-10-16(2)6-8-26-20/h2*5-14H,1-4H3. The Bertz CT molecular complexity index is 2330. The van der Waals surface area contributed by atoms with Gasteiger partial charge in [-0.05, 0) is 197 Å². The van der Waals surface area contributed by atoms with Gasteiger partial charge in [0.2, 0.25) is 0 Å². The lowest BCUT2D eigenvalue weighted by Crippen LogP contribution is -1.97. The van der Waals surface area contributed by atoms with Crippen molar-refractivity contribution in [2.45, 2.75) is 55.4 Å². The first-order valence-corrected chi connectivity index (χ1v) is 18.6. The summed E-state index contributed by atoms with van der Waals surface area (Å²) in [5, 5.41) is 0. The van der Waals surface area contributed by atoms with Crippen LogP contribution in [0.15, 0.2) is 122 Å². The van der Waals surface area contributed by atoms with Gasteiger partial charge in [-0.2, -0.15) is 0 Å². The lowest BCUT2D eigenvalue weighted by atomic mass is 10.1. The van der Waals surface area contributed by atoms with Crippen LogP contribution in [-0.2, 0) is 0 Å². The maximum Gasteiger partial charge on any atom is 0.0897 e. The van der Waals surface area contributed by atoms with Gasteiger partial charge < -0.3 is 0 Å². The van der Waals surface area contributed by atoms with E-state index in [4.69, 9.17) is 19.9 Å². The minimum Gasteiger partial charge on any atom is -0.255 e. The Morgan fingerprint density at radius 1 is 0.214 bits per heavy atom. The lowest BCUT2D eigenvalue weighted by molar-refractivity contribution is 1.18. The molecule has 8 heterocycles. The molecule has 56 heavy (non-hydrogen) atoms. The van der Waals surface area contributed by atoms with Gasteiger partial charge in [0.05, 0.1) is 68.3 Å². The van der Waals surface area contributed by atoms with Crippen molar-refractivity contribution in [1.29, 1.82) is 0 Å². The van der Waals surface area contributed by atoms with Crippen molar-refractivity contribution in [1.82, 2.24) is 39.9 Å². The molecule has 0 unspecified atom stereocenters. The van der Waals surface area contributed by atoms with Crippen LogP contribution in [0.4, 0.5) is 0 Å². The number of hydrogen-bond donors (Lipinski definition) is 0. The Morgan fingerprint density at radius 2 is 0.375 bits per heavy atom. The van der Waals surface area contributed by atoms with Crippen LogP contribution in [0.25, 0.3) is 68.3 Å². The zero-order valence-electron chi connectivity index (χ0n) is 33.1. The van der Waals surface area contributed by atoms with E-state index >= 15 is 0 Å². The molecule has 0 radical (unpaired) electrons. The Morgan fingerprint density at radius 3 is 0.554 bits per heavy atom. The SMILES string of the molecule is Cc1ccnc(-c2cc(C)cc(-c3cc(C)cc(-c4cc(C)ccn4)n3)n2)c1.Cc1ccnc(-c2cc(C)cc(-c3cc(C)cc(-c4cc(C)ccn4)n3)n2)c1. The van der Waals surface area contributed by atoms with Gasteiger partial charge in [-0.3, -0.25) is 19.9 Å². The highest BCUT2D eigenvalue weighted by molar-refractivity contribution is 5.69. The highest BCUT2D eigenvalue weighted by Gasteiger charge is 2.13. The number of rotatable bonds is 6. The van der Waals surface area contributed by atoms with Crippen molar-refractivity contribution in [3.05, 3.63) is 166 Å². The fourth-order valence-corrected chi connectivity index (χ4v) is 6.42. The van der Waals surface area contributed by atoms with E-state index in [1.165, 1.54) is 0 Å². The number of aryl methyl sites for hydroxylation is 8. The van der Waals surface area contributed by atoms with Crippen molar-refractivity contribution in [2.75, 3.05) is 0 Å². The molecule has 0 saturated heterocycles. The van der Waals surface area contributed by atoms with Crippen molar-refractivity contribution >= 4 is 0 Å². The van der Waals surface area contributed by atoms with E-state index in [-0.39, 0.29) is 0 Å². The minimum atomic E-state index is 0.843. The summed E-state index contributed by atoms with van der Waals surface area (Å²) >= 11 is 0. The van der Waals surface area contributed by atoms with Crippen molar-refractivity contribution in [3.8, 4) is 68.3 Å².